The zero-order valence-electron chi connectivity index (χ0n) is 21.6. The molecule has 196 valence electrons. The van der Waals surface area contributed by atoms with Gasteiger partial charge in [-0.3, -0.25) is 28.9 Å². The summed E-state index contributed by atoms with van der Waals surface area (Å²) in [6.07, 6.45) is 7.73. The number of piperidine rings is 2. The molecular formula is C27H40N6O3. The van der Waals surface area contributed by atoms with Crippen LogP contribution in [-0.2, 0) is 23.2 Å². The SMILES string of the molecule is CN(CC1CCC(N)CC1)C1CCN(Cc2cccc3c2n(C)c(=O)n3C2CCC(=O)NC2=O)CC1. The van der Waals surface area contributed by atoms with E-state index < -0.39 is 11.9 Å². The van der Waals surface area contributed by atoms with Gasteiger partial charge in [0.1, 0.15) is 6.04 Å². The van der Waals surface area contributed by atoms with Crippen LogP contribution in [-0.4, -0.2) is 69.5 Å². The number of para-hydroxylation sites is 1. The molecule has 2 aliphatic heterocycles. The number of imide groups is 1. The monoisotopic (exact) mass is 496 g/mol. The standard InChI is InChI=1S/C27H40N6O3/c1-30(16-18-6-8-20(28)9-7-18)21-12-14-32(15-13-21)17-19-4-3-5-22-25(19)31(2)27(36)33(22)23-10-11-24(34)29-26(23)35/h3-5,18,20-21,23H,6-17,28H2,1-2H3,(H,29,34,35). The second-order valence-corrected chi connectivity index (χ2v) is 11.2. The van der Waals surface area contributed by atoms with Crippen LogP contribution in [0.4, 0.5) is 0 Å². The first-order valence-corrected chi connectivity index (χ1v) is 13.5. The zero-order valence-corrected chi connectivity index (χ0v) is 21.6. The molecule has 2 saturated heterocycles. The van der Waals surface area contributed by atoms with E-state index in [1.54, 1.807) is 16.2 Å². The number of hydrogen-bond acceptors (Lipinski definition) is 6. The Labute approximate surface area is 212 Å². The maximum absolute atomic E-state index is 13.2. The average molecular weight is 497 g/mol. The van der Waals surface area contributed by atoms with Gasteiger partial charge in [0.2, 0.25) is 11.8 Å². The highest BCUT2D eigenvalue weighted by Crippen LogP contribution is 2.28. The van der Waals surface area contributed by atoms with Crippen LogP contribution in [0.25, 0.3) is 11.0 Å². The molecule has 3 N–H and O–H groups in total. The lowest BCUT2D eigenvalue weighted by atomic mass is 9.86. The number of carbonyl (C=O) groups is 2. The molecule has 3 aliphatic rings. The fourth-order valence-corrected chi connectivity index (χ4v) is 6.56. The van der Waals surface area contributed by atoms with Gasteiger partial charge in [0.15, 0.2) is 0 Å². The Bertz CT molecular complexity index is 1170. The Balaban J connectivity index is 1.25. The molecule has 1 atom stereocenters. The first-order chi connectivity index (χ1) is 17.3. The molecule has 9 nitrogen and oxygen atoms in total. The van der Waals surface area contributed by atoms with Crippen LogP contribution in [0.5, 0.6) is 0 Å². The van der Waals surface area contributed by atoms with Crippen molar-refractivity contribution in [3.8, 4) is 0 Å². The molecule has 2 amide bonds. The minimum atomic E-state index is -0.652. The lowest BCUT2D eigenvalue weighted by Crippen LogP contribution is -2.45. The summed E-state index contributed by atoms with van der Waals surface area (Å²) in [7, 11) is 4.05. The Hall–Kier alpha value is -2.49. The van der Waals surface area contributed by atoms with Gasteiger partial charge in [0, 0.05) is 38.6 Å². The Kier molecular flexibility index (Phi) is 7.32. The van der Waals surface area contributed by atoms with E-state index in [1.807, 2.05) is 12.1 Å². The molecule has 3 heterocycles. The molecule has 1 aromatic carbocycles. The Morgan fingerprint density at radius 3 is 2.44 bits per heavy atom. The summed E-state index contributed by atoms with van der Waals surface area (Å²) < 4.78 is 3.23. The van der Waals surface area contributed by atoms with E-state index in [0.29, 0.717) is 18.5 Å². The summed E-state index contributed by atoms with van der Waals surface area (Å²) in [6.45, 7) is 4.01. The van der Waals surface area contributed by atoms with Gasteiger partial charge >= 0.3 is 5.69 Å². The summed E-state index contributed by atoms with van der Waals surface area (Å²) in [6, 6.07) is 6.33. The number of nitrogens with two attached hydrogens (primary N) is 1. The highest BCUT2D eigenvalue weighted by molar-refractivity contribution is 6.00. The number of hydrogen-bond donors (Lipinski definition) is 2. The fourth-order valence-electron chi connectivity index (χ4n) is 6.56. The summed E-state index contributed by atoms with van der Waals surface area (Å²) >= 11 is 0. The molecular weight excluding hydrogens is 456 g/mol. The number of aryl methyl sites for hydroxylation is 1. The molecule has 0 spiro atoms. The molecule has 9 heteroatoms. The maximum Gasteiger partial charge on any atom is 0.329 e. The topological polar surface area (TPSA) is 106 Å². The van der Waals surface area contributed by atoms with E-state index >= 15 is 0 Å². The Morgan fingerprint density at radius 2 is 1.75 bits per heavy atom. The molecule has 0 bridgehead atoms. The van der Waals surface area contributed by atoms with E-state index in [4.69, 9.17) is 5.73 Å². The van der Waals surface area contributed by atoms with Gasteiger partial charge in [0.25, 0.3) is 0 Å². The van der Waals surface area contributed by atoms with Crippen molar-refractivity contribution in [1.29, 1.82) is 0 Å². The van der Waals surface area contributed by atoms with Crippen molar-refractivity contribution < 1.29 is 9.59 Å². The van der Waals surface area contributed by atoms with Crippen LogP contribution in [0, 0.1) is 5.92 Å². The van der Waals surface area contributed by atoms with Crippen molar-refractivity contribution in [3.05, 3.63) is 34.2 Å². The molecule has 1 unspecified atom stereocenters. The quantitative estimate of drug-likeness (QED) is 0.590. The number of imidazole rings is 1. The van der Waals surface area contributed by atoms with Crippen molar-refractivity contribution in [2.24, 2.45) is 18.7 Å². The van der Waals surface area contributed by atoms with Crippen molar-refractivity contribution >= 4 is 22.8 Å². The van der Waals surface area contributed by atoms with Crippen LogP contribution < -0.4 is 16.7 Å². The van der Waals surface area contributed by atoms with Gasteiger partial charge in [-0.25, -0.2) is 4.79 Å². The third-order valence-electron chi connectivity index (χ3n) is 8.72. The molecule has 2 aromatic rings. The first kappa shape index (κ1) is 25.2. The van der Waals surface area contributed by atoms with E-state index in [9.17, 15) is 14.4 Å². The number of amides is 2. The summed E-state index contributed by atoms with van der Waals surface area (Å²) in [5.74, 6) is 0.107. The number of benzene rings is 1. The summed E-state index contributed by atoms with van der Waals surface area (Å²) in [4.78, 5) is 42.4. The average Bonchev–Trinajstić information content (AvgIpc) is 3.12. The van der Waals surface area contributed by atoms with Gasteiger partial charge < -0.3 is 10.6 Å². The predicted molar refractivity (Wildman–Crippen MR) is 139 cm³/mol. The van der Waals surface area contributed by atoms with E-state index in [1.165, 1.54) is 19.4 Å². The lowest BCUT2D eigenvalue weighted by molar-refractivity contribution is -0.135. The molecule has 3 fully saturated rings. The zero-order chi connectivity index (χ0) is 25.4. The van der Waals surface area contributed by atoms with E-state index in [-0.39, 0.29) is 18.0 Å². The third kappa shape index (κ3) is 5.01. The van der Waals surface area contributed by atoms with Gasteiger partial charge in [-0.05, 0) is 82.6 Å². The maximum atomic E-state index is 13.2. The fraction of sp³-hybridized carbons (Fsp3) is 0.667. The molecule has 36 heavy (non-hydrogen) atoms. The number of fused-ring (bicyclic) bond motifs is 1. The molecule has 5 rings (SSSR count). The number of rotatable bonds is 6. The lowest BCUT2D eigenvalue weighted by Gasteiger charge is -2.39. The van der Waals surface area contributed by atoms with Gasteiger partial charge in [-0.2, -0.15) is 0 Å². The normalized spacial score (nSPS) is 26.6. The van der Waals surface area contributed by atoms with Crippen molar-refractivity contribution in [2.45, 2.75) is 76.0 Å². The highest BCUT2D eigenvalue weighted by atomic mass is 16.2. The number of nitrogens with one attached hydrogen (secondary N) is 1. The van der Waals surface area contributed by atoms with Crippen LogP contribution >= 0.6 is 0 Å². The smallest absolute Gasteiger partial charge is 0.328 e. The first-order valence-electron chi connectivity index (χ1n) is 13.5. The summed E-state index contributed by atoms with van der Waals surface area (Å²) in [5.41, 5.74) is 8.61. The minimum Gasteiger partial charge on any atom is -0.328 e. The highest BCUT2D eigenvalue weighted by Gasteiger charge is 2.32. The molecule has 1 aliphatic carbocycles. The third-order valence-corrected chi connectivity index (χ3v) is 8.72. The molecule has 0 radical (unpaired) electrons. The van der Waals surface area contributed by atoms with Crippen molar-refractivity contribution in [2.75, 3.05) is 26.7 Å². The van der Waals surface area contributed by atoms with Gasteiger partial charge in [0.05, 0.1) is 11.0 Å². The molecule has 1 saturated carbocycles. The molecule has 1 aromatic heterocycles. The van der Waals surface area contributed by atoms with Crippen LogP contribution in [0.2, 0.25) is 0 Å². The second kappa shape index (κ2) is 10.5. The predicted octanol–water partition coefficient (Wildman–Crippen LogP) is 1.73. The number of likely N-dealkylation sites (tertiary alicyclic amines) is 1. The minimum absolute atomic E-state index is 0.212. The van der Waals surface area contributed by atoms with Crippen LogP contribution in [0.3, 0.4) is 0 Å². The van der Waals surface area contributed by atoms with Crippen molar-refractivity contribution in [3.63, 3.8) is 0 Å². The summed E-state index contributed by atoms with van der Waals surface area (Å²) in [5, 5.41) is 2.39. The van der Waals surface area contributed by atoms with E-state index in [2.05, 4.69) is 28.2 Å². The Morgan fingerprint density at radius 1 is 1.03 bits per heavy atom. The number of aromatic nitrogens is 2. The second-order valence-electron chi connectivity index (χ2n) is 11.2. The van der Waals surface area contributed by atoms with Crippen LogP contribution in [0.1, 0.15) is 63.0 Å². The number of carbonyl (C=O) groups excluding carboxylic acids is 2. The largest absolute Gasteiger partial charge is 0.329 e. The van der Waals surface area contributed by atoms with Crippen LogP contribution in [0.15, 0.2) is 23.0 Å². The number of nitrogens with zero attached hydrogens (tertiary/aromatic N) is 4. The van der Waals surface area contributed by atoms with Crippen molar-refractivity contribution in [1.82, 2.24) is 24.3 Å². The van der Waals surface area contributed by atoms with Gasteiger partial charge in [-0.1, -0.05) is 12.1 Å². The van der Waals surface area contributed by atoms with E-state index in [0.717, 1.165) is 67.8 Å². The van der Waals surface area contributed by atoms with Gasteiger partial charge in [-0.15, -0.1) is 0 Å².